The zero-order valence-electron chi connectivity index (χ0n) is 11.4. The number of nitrogens with one attached hydrogen (secondary N) is 1. The van der Waals surface area contributed by atoms with Gasteiger partial charge in [0.2, 0.25) is 0 Å². The van der Waals surface area contributed by atoms with Crippen LogP contribution < -0.4 is 5.32 Å². The smallest absolute Gasteiger partial charge is 0.0758 e. The first-order valence-electron chi connectivity index (χ1n) is 6.77. The number of hydrogen-bond donors (Lipinski definition) is 1. The van der Waals surface area contributed by atoms with Gasteiger partial charge in [0.15, 0.2) is 0 Å². The fraction of sp³-hybridized carbons (Fsp3) is 0.400. The van der Waals surface area contributed by atoms with E-state index in [0.29, 0.717) is 0 Å². The lowest BCUT2D eigenvalue weighted by molar-refractivity contribution is 0.519. The van der Waals surface area contributed by atoms with E-state index in [1.165, 1.54) is 14.8 Å². The van der Waals surface area contributed by atoms with Gasteiger partial charge in [0, 0.05) is 16.3 Å². The molecule has 0 amide bonds. The average Bonchev–Trinajstić information content (AvgIpc) is 2.86. The number of aryl methyl sites for hydroxylation is 1. The highest BCUT2D eigenvalue weighted by Gasteiger charge is 2.19. The van der Waals surface area contributed by atoms with Crippen molar-refractivity contribution in [3.63, 3.8) is 0 Å². The minimum absolute atomic E-state index is 0.215. The van der Waals surface area contributed by atoms with Crippen molar-refractivity contribution in [3.8, 4) is 0 Å². The second-order valence-electron chi connectivity index (χ2n) is 4.49. The molecule has 1 unspecified atom stereocenters. The van der Waals surface area contributed by atoms with Gasteiger partial charge in [-0.05, 0) is 53.3 Å². The van der Waals surface area contributed by atoms with E-state index >= 15 is 0 Å². The molecular formula is C15H20IN3. The summed E-state index contributed by atoms with van der Waals surface area (Å²) in [5, 5.41) is 8.01. The summed E-state index contributed by atoms with van der Waals surface area (Å²) in [6.07, 6.45) is 2.99. The molecule has 2 rings (SSSR count). The van der Waals surface area contributed by atoms with Gasteiger partial charge in [0.1, 0.15) is 0 Å². The molecule has 0 spiro atoms. The summed E-state index contributed by atoms with van der Waals surface area (Å²) in [5.74, 6) is 0. The highest BCUT2D eigenvalue weighted by Crippen LogP contribution is 2.26. The Morgan fingerprint density at radius 3 is 2.74 bits per heavy atom. The molecule has 3 nitrogen and oxygen atoms in total. The maximum atomic E-state index is 4.44. The van der Waals surface area contributed by atoms with Crippen LogP contribution in [0.2, 0.25) is 0 Å². The summed E-state index contributed by atoms with van der Waals surface area (Å²) in [7, 11) is 0. The fourth-order valence-electron chi connectivity index (χ4n) is 2.27. The number of hydrogen-bond acceptors (Lipinski definition) is 2. The molecule has 0 bridgehead atoms. The van der Waals surface area contributed by atoms with Crippen LogP contribution in [0.3, 0.4) is 0 Å². The molecule has 1 heterocycles. The Labute approximate surface area is 128 Å². The van der Waals surface area contributed by atoms with Crippen LogP contribution >= 0.6 is 22.6 Å². The number of rotatable bonds is 6. The predicted molar refractivity (Wildman–Crippen MR) is 87.2 cm³/mol. The van der Waals surface area contributed by atoms with Gasteiger partial charge in [-0.25, -0.2) is 0 Å². The number of benzene rings is 1. The van der Waals surface area contributed by atoms with Crippen LogP contribution in [0.15, 0.2) is 36.5 Å². The van der Waals surface area contributed by atoms with Gasteiger partial charge in [0.25, 0.3) is 0 Å². The van der Waals surface area contributed by atoms with Gasteiger partial charge >= 0.3 is 0 Å². The van der Waals surface area contributed by atoms with Gasteiger partial charge in [-0.3, -0.25) is 4.68 Å². The van der Waals surface area contributed by atoms with Crippen molar-refractivity contribution < 1.29 is 0 Å². The Kier molecular flexibility index (Phi) is 5.39. The van der Waals surface area contributed by atoms with E-state index < -0.39 is 0 Å². The van der Waals surface area contributed by atoms with Crippen LogP contribution in [0.1, 0.15) is 37.6 Å². The van der Waals surface area contributed by atoms with Gasteiger partial charge < -0.3 is 5.32 Å². The molecule has 1 N–H and O–H groups in total. The van der Waals surface area contributed by atoms with E-state index in [4.69, 9.17) is 0 Å². The Hall–Kier alpha value is -0.880. The van der Waals surface area contributed by atoms with E-state index in [1.54, 1.807) is 0 Å². The second kappa shape index (κ2) is 7.05. The predicted octanol–water partition coefficient (Wildman–Crippen LogP) is 3.60. The van der Waals surface area contributed by atoms with E-state index in [2.05, 4.69) is 81.9 Å². The first kappa shape index (κ1) is 14.5. The molecule has 0 saturated heterocycles. The summed E-state index contributed by atoms with van der Waals surface area (Å²) in [4.78, 5) is 0. The highest BCUT2D eigenvalue weighted by molar-refractivity contribution is 14.1. The zero-order chi connectivity index (χ0) is 13.7. The van der Waals surface area contributed by atoms with Gasteiger partial charge in [0.05, 0.1) is 11.7 Å². The maximum absolute atomic E-state index is 4.44. The van der Waals surface area contributed by atoms with Crippen molar-refractivity contribution in [2.45, 2.75) is 32.9 Å². The van der Waals surface area contributed by atoms with Crippen molar-refractivity contribution >= 4 is 22.6 Å². The molecule has 0 fully saturated rings. The number of aromatic nitrogens is 2. The number of halogens is 1. The average molecular weight is 369 g/mol. The topological polar surface area (TPSA) is 29.9 Å². The van der Waals surface area contributed by atoms with Crippen LogP contribution in [-0.2, 0) is 6.54 Å². The SMILES string of the molecule is CCCn1nccc1C(NCC)c1ccccc1I. The lowest BCUT2D eigenvalue weighted by Crippen LogP contribution is -2.25. The highest BCUT2D eigenvalue weighted by atomic mass is 127. The minimum atomic E-state index is 0.215. The monoisotopic (exact) mass is 369 g/mol. The summed E-state index contributed by atoms with van der Waals surface area (Å²) in [6, 6.07) is 10.9. The van der Waals surface area contributed by atoms with Gasteiger partial charge in [-0.2, -0.15) is 5.10 Å². The summed E-state index contributed by atoms with van der Waals surface area (Å²) < 4.78 is 3.39. The molecule has 0 saturated carbocycles. The van der Waals surface area contributed by atoms with E-state index in [9.17, 15) is 0 Å². The summed E-state index contributed by atoms with van der Waals surface area (Å²) in [6.45, 7) is 6.23. The molecule has 0 aliphatic heterocycles. The molecule has 1 aromatic carbocycles. The Morgan fingerprint density at radius 2 is 2.05 bits per heavy atom. The summed E-state index contributed by atoms with van der Waals surface area (Å²) in [5.41, 5.74) is 2.57. The minimum Gasteiger partial charge on any atom is -0.305 e. The van der Waals surface area contributed by atoms with Crippen LogP contribution in [0, 0.1) is 3.57 Å². The van der Waals surface area contributed by atoms with Crippen LogP contribution in [0.4, 0.5) is 0 Å². The lowest BCUT2D eigenvalue weighted by atomic mass is 10.0. The third kappa shape index (κ3) is 3.36. The Bertz CT molecular complexity index is 522. The van der Waals surface area contributed by atoms with Crippen LogP contribution in [-0.4, -0.2) is 16.3 Å². The van der Waals surface area contributed by atoms with E-state index in [1.807, 2.05) is 6.20 Å². The van der Waals surface area contributed by atoms with E-state index in [0.717, 1.165) is 19.5 Å². The molecule has 1 aromatic heterocycles. The molecule has 0 radical (unpaired) electrons. The van der Waals surface area contributed by atoms with Crippen LogP contribution in [0.25, 0.3) is 0 Å². The van der Waals surface area contributed by atoms with Crippen LogP contribution in [0.5, 0.6) is 0 Å². The van der Waals surface area contributed by atoms with Gasteiger partial charge in [-0.15, -0.1) is 0 Å². The molecular weight excluding hydrogens is 349 g/mol. The first-order chi connectivity index (χ1) is 9.27. The largest absolute Gasteiger partial charge is 0.305 e. The molecule has 19 heavy (non-hydrogen) atoms. The van der Waals surface area contributed by atoms with Crippen molar-refractivity contribution in [1.82, 2.24) is 15.1 Å². The molecule has 2 aromatic rings. The molecule has 102 valence electrons. The molecule has 4 heteroatoms. The quantitative estimate of drug-likeness (QED) is 0.789. The van der Waals surface area contributed by atoms with Crippen molar-refractivity contribution in [2.24, 2.45) is 0 Å². The van der Waals surface area contributed by atoms with Gasteiger partial charge in [-0.1, -0.05) is 32.0 Å². The molecule has 0 aliphatic carbocycles. The molecule has 1 atom stereocenters. The summed E-state index contributed by atoms with van der Waals surface area (Å²) >= 11 is 2.40. The fourth-order valence-corrected chi connectivity index (χ4v) is 2.97. The van der Waals surface area contributed by atoms with Crippen molar-refractivity contribution in [2.75, 3.05) is 6.54 Å². The molecule has 0 aliphatic rings. The Morgan fingerprint density at radius 1 is 1.26 bits per heavy atom. The third-order valence-electron chi connectivity index (χ3n) is 3.11. The number of nitrogens with zero attached hydrogens (tertiary/aromatic N) is 2. The maximum Gasteiger partial charge on any atom is 0.0758 e. The first-order valence-corrected chi connectivity index (χ1v) is 7.85. The van der Waals surface area contributed by atoms with Crippen molar-refractivity contribution in [1.29, 1.82) is 0 Å². The Balaban J connectivity index is 2.40. The lowest BCUT2D eigenvalue weighted by Gasteiger charge is -2.21. The second-order valence-corrected chi connectivity index (χ2v) is 5.65. The zero-order valence-corrected chi connectivity index (χ0v) is 13.6. The normalized spacial score (nSPS) is 12.6. The van der Waals surface area contributed by atoms with Crippen molar-refractivity contribution in [3.05, 3.63) is 51.4 Å². The standard InChI is InChI=1S/C15H20IN3/c1-3-11-19-14(9-10-18-19)15(17-4-2)12-7-5-6-8-13(12)16/h5-10,15,17H,3-4,11H2,1-2H3. The van der Waals surface area contributed by atoms with E-state index in [-0.39, 0.29) is 6.04 Å². The third-order valence-corrected chi connectivity index (χ3v) is 4.09.